The third-order valence-corrected chi connectivity index (χ3v) is 4.51. The fraction of sp³-hybridized carbons (Fsp3) is 0.0455. The van der Waals surface area contributed by atoms with E-state index < -0.39 is 10.5 Å². The molecule has 10 heteroatoms. The normalized spacial score (nSPS) is 11.4. The Morgan fingerprint density at radius 1 is 0.781 bits per heavy atom. The number of benzene rings is 3. The second-order valence-electron chi connectivity index (χ2n) is 6.75. The number of nitro groups is 1. The van der Waals surface area contributed by atoms with Crippen molar-refractivity contribution in [3.8, 4) is 5.69 Å². The zero-order valence-electron chi connectivity index (χ0n) is 16.9. The largest absolute Gasteiger partial charge is 0.299 e. The van der Waals surface area contributed by atoms with Gasteiger partial charge in [0.2, 0.25) is 0 Å². The quantitative estimate of drug-likeness (QED) is 0.223. The summed E-state index contributed by atoms with van der Waals surface area (Å²) in [5.74, 6) is 0. The average molecular weight is 427 g/mol. The van der Waals surface area contributed by atoms with Crippen LogP contribution in [0.5, 0.6) is 0 Å². The van der Waals surface area contributed by atoms with E-state index in [4.69, 9.17) is 0 Å². The van der Waals surface area contributed by atoms with Gasteiger partial charge in [0.05, 0.1) is 33.4 Å². The Labute approximate surface area is 181 Å². The Morgan fingerprint density at radius 3 is 1.88 bits per heavy atom. The fourth-order valence-corrected chi connectivity index (χ4v) is 2.86. The van der Waals surface area contributed by atoms with Crippen LogP contribution in [0.25, 0.3) is 5.69 Å². The lowest BCUT2D eigenvalue weighted by Gasteiger charge is -2.00. The van der Waals surface area contributed by atoms with Gasteiger partial charge < -0.3 is 0 Å². The number of hydrogen-bond acceptors (Lipinski definition) is 7. The first-order valence-electron chi connectivity index (χ1n) is 9.56. The minimum absolute atomic E-state index is 0.0586. The molecule has 0 aliphatic rings. The number of nitrogens with one attached hydrogen (secondary N) is 1. The van der Waals surface area contributed by atoms with E-state index in [1.54, 1.807) is 31.2 Å². The number of nitrogens with zero attached hydrogens (tertiary/aromatic N) is 6. The molecule has 1 N–H and O–H groups in total. The molecule has 0 atom stereocenters. The van der Waals surface area contributed by atoms with Crippen LogP contribution < -0.4 is 5.56 Å². The highest BCUT2D eigenvalue weighted by Crippen LogP contribution is 2.23. The predicted molar refractivity (Wildman–Crippen MR) is 119 cm³/mol. The molecule has 0 radical (unpaired) electrons. The number of H-pyrrole nitrogens is 1. The molecule has 4 rings (SSSR count). The van der Waals surface area contributed by atoms with Crippen LogP contribution in [0.15, 0.2) is 104 Å². The van der Waals surface area contributed by atoms with E-state index in [0.29, 0.717) is 22.8 Å². The minimum atomic E-state index is -0.500. The number of aryl methyl sites for hydroxylation is 1. The molecule has 1 heterocycles. The van der Waals surface area contributed by atoms with Gasteiger partial charge in [-0.1, -0.05) is 18.2 Å². The van der Waals surface area contributed by atoms with Crippen molar-refractivity contribution in [1.82, 2.24) is 9.78 Å². The van der Waals surface area contributed by atoms with Crippen molar-refractivity contribution in [2.75, 3.05) is 0 Å². The van der Waals surface area contributed by atoms with Gasteiger partial charge in [0.25, 0.3) is 11.2 Å². The van der Waals surface area contributed by atoms with Gasteiger partial charge in [-0.05, 0) is 55.5 Å². The summed E-state index contributed by atoms with van der Waals surface area (Å²) in [5, 5.41) is 30.3. The third kappa shape index (κ3) is 4.54. The summed E-state index contributed by atoms with van der Waals surface area (Å²) in [6.07, 6.45) is 0. The second-order valence-corrected chi connectivity index (χ2v) is 6.75. The lowest BCUT2D eigenvalue weighted by molar-refractivity contribution is -0.384. The molecule has 0 fully saturated rings. The Hall–Kier alpha value is -4.73. The van der Waals surface area contributed by atoms with Crippen molar-refractivity contribution in [2.45, 2.75) is 6.92 Å². The highest BCUT2D eigenvalue weighted by atomic mass is 16.6. The Morgan fingerprint density at radius 2 is 1.31 bits per heavy atom. The van der Waals surface area contributed by atoms with Crippen molar-refractivity contribution >= 4 is 28.4 Å². The number of aromatic amines is 1. The highest BCUT2D eigenvalue weighted by molar-refractivity contribution is 5.49. The monoisotopic (exact) mass is 427 g/mol. The smallest absolute Gasteiger partial charge is 0.293 e. The summed E-state index contributed by atoms with van der Waals surface area (Å²) in [6, 6.07) is 22.0. The lowest BCUT2D eigenvalue weighted by atomic mass is 10.3. The van der Waals surface area contributed by atoms with Crippen LogP contribution in [0.3, 0.4) is 0 Å². The fourth-order valence-electron chi connectivity index (χ4n) is 2.86. The van der Waals surface area contributed by atoms with Crippen molar-refractivity contribution < 1.29 is 4.92 Å². The number of hydrogen-bond donors (Lipinski definition) is 1. The molecule has 0 aliphatic heterocycles. The molecule has 4 aromatic rings. The molecule has 0 aliphatic carbocycles. The van der Waals surface area contributed by atoms with Crippen molar-refractivity contribution in [1.29, 1.82) is 0 Å². The molecule has 0 bridgehead atoms. The van der Waals surface area contributed by atoms with Crippen LogP contribution in [-0.4, -0.2) is 14.7 Å². The molecular formula is C22H17N7O3. The van der Waals surface area contributed by atoms with Gasteiger partial charge in [-0.3, -0.25) is 20.0 Å². The molecular weight excluding hydrogens is 410 g/mol. The van der Waals surface area contributed by atoms with E-state index in [-0.39, 0.29) is 11.4 Å². The maximum atomic E-state index is 12.7. The number of non-ortho nitro benzene ring substituents is 1. The van der Waals surface area contributed by atoms with Crippen LogP contribution >= 0.6 is 0 Å². The van der Waals surface area contributed by atoms with Crippen molar-refractivity contribution in [3.05, 3.63) is 105 Å². The predicted octanol–water partition coefficient (Wildman–Crippen LogP) is 6.21. The van der Waals surface area contributed by atoms with Gasteiger partial charge in [-0.15, -0.1) is 5.11 Å². The molecule has 158 valence electrons. The highest BCUT2D eigenvalue weighted by Gasteiger charge is 2.13. The van der Waals surface area contributed by atoms with Crippen molar-refractivity contribution in [3.63, 3.8) is 0 Å². The van der Waals surface area contributed by atoms with Gasteiger partial charge in [0.1, 0.15) is 0 Å². The average Bonchev–Trinajstić information content (AvgIpc) is 3.11. The van der Waals surface area contributed by atoms with E-state index in [2.05, 4.69) is 25.6 Å². The SMILES string of the molecule is Cc1[nH]n(-c2ccc([N+](=O)[O-])cc2)c(=O)c1N=Nc1ccc(N=Nc2ccccc2)cc1. The molecule has 32 heavy (non-hydrogen) atoms. The summed E-state index contributed by atoms with van der Waals surface area (Å²) in [4.78, 5) is 23.0. The molecule has 0 unspecified atom stereocenters. The number of nitro benzene ring substituents is 1. The summed E-state index contributed by atoms with van der Waals surface area (Å²) in [5.41, 5.74) is 2.62. The summed E-state index contributed by atoms with van der Waals surface area (Å²) >= 11 is 0. The first kappa shape index (κ1) is 20.5. The van der Waals surface area contributed by atoms with Gasteiger partial charge >= 0.3 is 0 Å². The minimum Gasteiger partial charge on any atom is -0.293 e. The summed E-state index contributed by atoms with van der Waals surface area (Å²) in [7, 11) is 0. The first-order valence-corrected chi connectivity index (χ1v) is 9.56. The van der Waals surface area contributed by atoms with E-state index >= 15 is 0 Å². The number of azo groups is 2. The van der Waals surface area contributed by atoms with Gasteiger partial charge in [0.15, 0.2) is 5.69 Å². The van der Waals surface area contributed by atoms with Crippen LogP contribution in [-0.2, 0) is 0 Å². The van der Waals surface area contributed by atoms with Gasteiger partial charge in [-0.25, -0.2) is 4.68 Å². The van der Waals surface area contributed by atoms with E-state index in [1.807, 2.05) is 30.3 Å². The van der Waals surface area contributed by atoms with Crippen molar-refractivity contribution in [2.24, 2.45) is 20.5 Å². The maximum Gasteiger partial charge on any atom is 0.299 e. The van der Waals surface area contributed by atoms with E-state index in [9.17, 15) is 14.9 Å². The van der Waals surface area contributed by atoms with Crippen LogP contribution in [0.4, 0.5) is 28.4 Å². The van der Waals surface area contributed by atoms with Crippen LogP contribution in [0, 0.1) is 17.0 Å². The van der Waals surface area contributed by atoms with Gasteiger partial charge in [-0.2, -0.15) is 15.3 Å². The molecule has 0 amide bonds. The molecule has 10 nitrogen and oxygen atoms in total. The Balaban J connectivity index is 1.51. The summed E-state index contributed by atoms with van der Waals surface area (Å²) in [6.45, 7) is 1.70. The zero-order chi connectivity index (χ0) is 22.5. The van der Waals surface area contributed by atoms with E-state index in [1.165, 1.54) is 28.9 Å². The van der Waals surface area contributed by atoms with Crippen LogP contribution in [0.2, 0.25) is 0 Å². The number of aromatic nitrogens is 2. The molecule has 0 saturated heterocycles. The molecule has 1 aromatic heterocycles. The number of rotatable bonds is 6. The van der Waals surface area contributed by atoms with Gasteiger partial charge in [0, 0.05) is 12.1 Å². The zero-order valence-corrected chi connectivity index (χ0v) is 16.9. The van der Waals surface area contributed by atoms with Crippen LogP contribution in [0.1, 0.15) is 5.69 Å². The maximum absolute atomic E-state index is 12.7. The Bertz CT molecular complexity index is 1350. The third-order valence-electron chi connectivity index (χ3n) is 4.51. The topological polar surface area (TPSA) is 130 Å². The second kappa shape index (κ2) is 8.96. The molecule has 3 aromatic carbocycles. The summed E-state index contributed by atoms with van der Waals surface area (Å²) < 4.78 is 1.26. The molecule has 0 spiro atoms. The standard InChI is InChI=1S/C22H17N7O3/c1-15-21(22(30)28(27-15)19-11-13-20(14-12-19)29(31)32)26-25-18-9-7-17(8-10-18)24-23-16-5-3-2-4-6-16/h2-14,27H,1H3. The van der Waals surface area contributed by atoms with E-state index in [0.717, 1.165) is 5.69 Å². The first-order chi connectivity index (χ1) is 15.5. The molecule has 0 saturated carbocycles. The lowest BCUT2D eigenvalue weighted by Crippen LogP contribution is -2.13. The Kier molecular flexibility index (Phi) is 5.75.